The lowest BCUT2D eigenvalue weighted by atomic mass is 10.0. The Hall–Kier alpha value is -0.800. The van der Waals surface area contributed by atoms with E-state index in [9.17, 15) is 0 Å². The first-order valence-electron chi connectivity index (χ1n) is 4.54. The summed E-state index contributed by atoms with van der Waals surface area (Å²) in [7, 11) is 1.84. The third kappa shape index (κ3) is 2.36. The maximum absolute atomic E-state index is 9.12. The first-order chi connectivity index (χ1) is 6.56. The summed E-state index contributed by atoms with van der Waals surface area (Å²) >= 11 is 5.84. The number of halogens is 1. The quantitative estimate of drug-likeness (QED) is 0.837. The van der Waals surface area contributed by atoms with Crippen LogP contribution in [0.2, 0.25) is 5.15 Å². The van der Waals surface area contributed by atoms with Crippen molar-refractivity contribution in [3.63, 3.8) is 0 Å². The third-order valence-corrected chi connectivity index (χ3v) is 2.56. The Kier molecular flexibility index (Phi) is 3.72. The fraction of sp³-hybridized carbons (Fsp3) is 0.500. The number of hydrogen-bond donors (Lipinski definition) is 1. The average Bonchev–Trinajstić information content (AvgIpc) is 2.44. The highest BCUT2D eigenvalue weighted by atomic mass is 35.5. The molecule has 0 amide bonds. The fourth-order valence-electron chi connectivity index (χ4n) is 1.10. The number of rotatable bonds is 3. The molecule has 0 aromatic carbocycles. The largest absolute Gasteiger partial charge is 0.392 e. The molecule has 1 rings (SSSR count). The molecule has 0 spiro atoms. The summed E-state index contributed by atoms with van der Waals surface area (Å²) in [4.78, 5) is 4.13. The molecule has 0 aliphatic rings. The zero-order valence-corrected chi connectivity index (χ0v) is 9.41. The molecule has 0 aliphatic heterocycles. The normalized spacial score (nSPS) is 12.6. The van der Waals surface area contributed by atoms with Crippen LogP contribution in [-0.2, 0) is 7.05 Å². The third-order valence-electron chi connectivity index (χ3n) is 2.21. The van der Waals surface area contributed by atoms with Gasteiger partial charge in [-0.05, 0) is 17.6 Å². The molecule has 1 heterocycles. The Morgan fingerprint density at radius 3 is 2.71 bits per heavy atom. The Labute approximate surface area is 89.0 Å². The van der Waals surface area contributed by atoms with E-state index in [-0.39, 0.29) is 6.61 Å². The van der Waals surface area contributed by atoms with Gasteiger partial charge in [0.05, 0.1) is 12.8 Å². The molecule has 0 fully saturated rings. The lowest BCUT2D eigenvalue weighted by Gasteiger charge is -2.07. The zero-order chi connectivity index (χ0) is 10.7. The van der Waals surface area contributed by atoms with Gasteiger partial charge in [0.15, 0.2) is 0 Å². The van der Waals surface area contributed by atoms with Gasteiger partial charge in [-0.1, -0.05) is 25.4 Å². The van der Waals surface area contributed by atoms with Crippen molar-refractivity contribution in [2.75, 3.05) is 6.61 Å². The van der Waals surface area contributed by atoms with Crippen molar-refractivity contribution in [1.82, 2.24) is 9.55 Å². The monoisotopic (exact) mass is 214 g/mol. The molecule has 3 nitrogen and oxygen atoms in total. The summed E-state index contributed by atoms with van der Waals surface area (Å²) in [6.45, 7) is 4.13. The van der Waals surface area contributed by atoms with Crippen molar-refractivity contribution in [3.05, 3.63) is 22.7 Å². The predicted octanol–water partition coefficient (Wildman–Crippen LogP) is 2.11. The predicted molar refractivity (Wildman–Crippen MR) is 58.1 cm³/mol. The van der Waals surface area contributed by atoms with Gasteiger partial charge < -0.3 is 9.67 Å². The van der Waals surface area contributed by atoms with Gasteiger partial charge >= 0.3 is 0 Å². The summed E-state index contributed by atoms with van der Waals surface area (Å²) in [6, 6.07) is 0. The molecular formula is C10H15ClN2O. The first kappa shape index (κ1) is 11.3. The number of nitrogens with zero attached hydrogens (tertiary/aromatic N) is 2. The van der Waals surface area contributed by atoms with Crippen LogP contribution in [0.25, 0.3) is 6.08 Å². The van der Waals surface area contributed by atoms with Crippen LogP contribution in [-0.4, -0.2) is 21.3 Å². The molecule has 0 bridgehead atoms. The Bertz CT molecular complexity index is 342. The van der Waals surface area contributed by atoms with E-state index in [1.54, 1.807) is 10.8 Å². The van der Waals surface area contributed by atoms with E-state index in [2.05, 4.69) is 4.98 Å². The molecule has 14 heavy (non-hydrogen) atoms. The van der Waals surface area contributed by atoms with Gasteiger partial charge in [-0.3, -0.25) is 0 Å². The van der Waals surface area contributed by atoms with E-state index in [0.717, 1.165) is 11.4 Å². The standard InChI is InChI=1S/C10H15ClN2O/c1-7(2)8(6-14)4-10-12-5-9(11)13(10)3/h4-5,7,14H,6H2,1-3H3/b8-4+. The van der Waals surface area contributed by atoms with Gasteiger partial charge in [0, 0.05) is 7.05 Å². The number of aromatic nitrogens is 2. The van der Waals surface area contributed by atoms with E-state index in [4.69, 9.17) is 16.7 Å². The molecule has 0 radical (unpaired) electrons. The smallest absolute Gasteiger partial charge is 0.133 e. The summed E-state index contributed by atoms with van der Waals surface area (Å²) in [5.74, 6) is 1.09. The molecule has 1 aromatic heterocycles. The van der Waals surface area contributed by atoms with Crippen molar-refractivity contribution >= 4 is 17.7 Å². The molecule has 1 N–H and O–H groups in total. The summed E-state index contributed by atoms with van der Waals surface area (Å²) in [5, 5.41) is 9.71. The topological polar surface area (TPSA) is 38.0 Å². The van der Waals surface area contributed by atoms with Gasteiger partial charge in [-0.15, -0.1) is 0 Å². The molecule has 1 aromatic rings. The van der Waals surface area contributed by atoms with Crippen molar-refractivity contribution in [2.24, 2.45) is 13.0 Å². The Morgan fingerprint density at radius 1 is 1.71 bits per heavy atom. The maximum Gasteiger partial charge on any atom is 0.133 e. The number of aliphatic hydroxyl groups is 1. The second-order valence-electron chi connectivity index (χ2n) is 3.53. The molecule has 4 heteroatoms. The molecule has 0 unspecified atom stereocenters. The molecule has 0 aliphatic carbocycles. The second kappa shape index (κ2) is 4.62. The first-order valence-corrected chi connectivity index (χ1v) is 4.92. The maximum atomic E-state index is 9.12. The number of hydrogen-bond acceptors (Lipinski definition) is 2. The molecular weight excluding hydrogens is 200 g/mol. The van der Waals surface area contributed by atoms with Crippen LogP contribution in [0.5, 0.6) is 0 Å². The van der Waals surface area contributed by atoms with Crippen LogP contribution >= 0.6 is 11.6 Å². The SMILES string of the molecule is CC(C)/C(=C/c1ncc(Cl)n1C)CO. The van der Waals surface area contributed by atoms with E-state index in [0.29, 0.717) is 11.1 Å². The van der Waals surface area contributed by atoms with E-state index >= 15 is 0 Å². The van der Waals surface area contributed by atoms with Crippen molar-refractivity contribution in [3.8, 4) is 0 Å². The Balaban J connectivity index is 3.00. The van der Waals surface area contributed by atoms with Crippen LogP contribution in [0.3, 0.4) is 0 Å². The minimum atomic E-state index is 0.0577. The van der Waals surface area contributed by atoms with Crippen molar-refractivity contribution in [2.45, 2.75) is 13.8 Å². The van der Waals surface area contributed by atoms with E-state index in [1.807, 2.05) is 27.0 Å². The lowest BCUT2D eigenvalue weighted by Crippen LogP contribution is -2.01. The van der Waals surface area contributed by atoms with E-state index in [1.165, 1.54) is 0 Å². The van der Waals surface area contributed by atoms with Gasteiger partial charge in [-0.2, -0.15) is 0 Å². The summed E-state index contributed by atoms with van der Waals surface area (Å²) in [6.07, 6.45) is 3.47. The lowest BCUT2D eigenvalue weighted by molar-refractivity contribution is 0.320. The van der Waals surface area contributed by atoms with Gasteiger partial charge in [0.1, 0.15) is 11.0 Å². The minimum Gasteiger partial charge on any atom is -0.392 e. The highest BCUT2D eigenvalue weighted by Crippen LogP contribution is 2.15. The zero-order valence-electron chi connectivity index (χ0n) is 8.66. The fourth-order valence-corrected chi connectivity index (χ4v) is 1.23. The van der Waals surface area contributed by atoms with Crippen LogP contribution in [0, 0.1) is 5.92 Å². The van der Waals surface area contributed by atoms with Crippen LogP contribution in [0.15, 0.2) is 11.8 Å². The van der Waals surface area contributed by atoms with Gasteiger partial charge in [0.25, 0.3) is 0 Å². The number of aliphatic hydroxyl groups excluding tert-OH is 1. The van der Waals surface area contributed by atoms with E-state index < -0.39 is 0 Å². The van der Waals surface area contributed by atoms with Gasteiger partial charge in [0.2, 0.25) is 0 Å². The van der Waals surface area contributed by atoms with Crippen LogP contribution in [0.1, 0.15) is 19.7 Å². The molecule has 78 valence electrons. The van der Waals surface area contributed by atoms with Gasteiger partial charge in [-0.25, -0.2) is 4.98 Å². The highest BCUT2D eigenvalue weighted by Gasteiger charge is 2.06. The molecule has 0 saturated carbocycles. The van der Waals surface area contributed by atoms with Crippen molar-refractivity contribution in [1.29, 1.82) is 0 Å². The summed E-state index contributed by atoms with van der Waals surface area (Å²) in [5.41, 5.74) is 0.954. The number of imidazole rings is 1. The Morgan fingerprint density at radius 2 is 2.36 bits per heavy atom. The van der Waals surface area contributed by atoms with Crippen molar-refractivity contribution < 1.29 is 5.11 Å². The van der Waals surface area contributed by atoms with Crippen LogP contribution in [0.4, 0.5) is 0 Å². The average molecular weight is 215 g/mol. The molecule has 0 atom stereocenters. The minimum absolute atomic E-state index is 0.0577. The highest BCUT2D eigenvalue weighted by molar-refractivity contribution is 6.29. The second-order valence-corrected chi connectivity index (χ2v) is 3.92. The van der Waals surface area contributed by atoms with Crippen LogP contribution < -0.4 is 0 Å². The summed E-state index contributed by atoms with van der Waals surface area (Å²) < 4.78 is 1.78. The molecule has 0 saturated heterocycles.